The summed E-state index contributed by atoms with van der Waals surface area (Å²) < 4.78 is 1.17. The number of nitrogens with zero attached hydrogens (tertiary/aromatic N) is 1. The molecule has 3 nitrogen and oxygen atoms in total. The second-order valence-electron chi connectivity index (χ2n) is 2.39. The number of fused-ring (bicyclic) bond motifs is 1. The van der Waals surface area contributed by atoms with Crippen molar-refractivity contribution in [2.75, 3.05) is 0 Å². The van der Waals surface area contributed by atoms with Gasteiger partial charge in [-0.15, -0.1) is 11.3 Å². The SMILES string of the molecule is NOCc1nc2ccccc2s1. The molecule has 1 aromatic carbocycles. The topological polar surface area (TPSA) is 48.1 Å². The van der Waals surface area contributed by atoms with Gasteiger partial charge in [-0.2, -0.15) is 0 Å². The van der Waals surface area contributed by atoms with Gasteiger partial charge in [0.1, 0.15) is 11.6 Å². The highest BCUT2D eigenvalue weighted by atomic mass is 32.1. The molecular weight excluding hydrogens is 172 g/mol. The molecule has 2 N–H and O–H groups in total. The first kappa shape index (κ1) is 7.67. The zero-order valence-corrected chi connectivity index (χ0v) is 7.17. The molecule has 12 heavy (non-hydrogen) atoms. The second kappa shape index (κ2) is 3.18. The fraction of sp³-hybridized carbons (Fsp3) is 0.125. The van der Waals surface area contributed by atoms with E-state index in [0.717, 1.165) is 10.5 Å². The Morgan fingerprint density at radius 1 is 1.42 bits per heavy atom. The molecule has 2 rings (SSSR count). The molecular formula is C8H8N2OS. The van der Waals surface area contributed by atoms with Crippen LogP contribution in [0.5, 0.6) is 0 Å². The Morgan fingerprint density at radius 2 is 2.25 bits per heavy atom. The highest BCUT2D eigenvalue weighted by Crippen LogP contribution is 2.21. The largest absolute Gasteiger partial charge is 0.297 e. The molecule has 0 radical (unpaired) electrons. The van der Waals surface area contributed by atoms with E-state index >= 15 is 0 Å². The number of thiazole rings is 1. The van der Waals surface area contributed by atoms with Crippen molar-refractivity contribution in [2.45, 2.75) is 6.61 Å². The molecule has 0 bridgehead atoms. The van der Waals surface area contributed by atoms with Crippen LogP contribution in [0.25, 0.3) is 10.2 Å². The van der Waals surface area contributed by atoms with E-state index in [9.17, 15) is 0 Å². The van der Waals surface area contributed by atoms with Crippen LogP contribution in [0.2, 0.25) is 0 Å². The highest BCUT2D eigenvalue weighted by Gasteiger charge is 2.01. The lowest BCUT2D eigenvalue weighted by Crippen LogP contribution is -1.97. The van der Waals surface area contributed by atoms with Gasteiger partial charge in [0.25, 0.3) is 0 Å². The normalized spacial score (nSPS) is 10.8. The summed E-state index contributed by atoms with van der Waals surface area (Å²) in [7, 11) is 0. The Kier molecular flexibility index (Phi) is 2.03. The van der Waals surface area contributed by atoms with E-state index in [1.165, 1.54) is 4.70 Å². The average Bonchev–Trinajstić information content (AvgIpc) is 2.47. The summed E-state index contributed by atoms with van der Waals surface area (Å²) in [6.45, 7) is 0.388. The molecule has 1 heterocycles. The smallest absolute Gasteiger partial charge is 0.122 e. The van der Waals surface area contributed by atoms with Crippen molar-refractivity contribution in [3.8, 4) is 0 Å². The molecule has 1 aromatic heterocycles. The van der Waals surface area contributed by atoms with Crippen LogP contribution >= 0.6 is 11.3 Å². The summed E-state index contributed by atoms with van der Waals surface area (Å²) in [5, 5.41) is 0.915. The molecule has 0 fully saturated rings. The van der Waals surface area contributed by atoms with Crippen LogP contribution in [0.4, 0.5) is 0 Å². The minimum atomic E-state index is 0.388. The van der Waals surface area contributed by atoms with Crippen LogP contribution in [-0.4, -0.2) is 4.98 Å². The van der Waals surface area contributed by atoms with Crippen LogP contribution in [0.15, 0.2) is 24.3 Å². The van der Waals surface area contributed by atoms with Crippen molar-refractivity contribution in [3.63, 3.8) is 0 Å². The molecule has 0 saturated heterocycles. The number of para-hydroxylation sites is 1. The van der Waals surface area contributed by atoms with Gasteiger partial charge in [-0.1, -0.05) is 12.1 Å². The Labute approximate surface area is 73.7 Å². The summed E-state index contributed by atoms with van der Waals surface area (Å²) in [4.78, 5) is 8.82. The third-order valence-corrected chi connectivity index (χ3v) is 2.55. The van der Waals surface area contributed by atoms with Gasteiger partial charge in [0, 0.05) is 0 Å². The first-order chi connectivity index (χ1) is 5.90. The third-order valence-electron chi connectivity index (χ3n) is 1.54. The van der Waals surface area contributed by atoms with E-state index in [1.54, 1.807) is 11.3 Å². The lowest BCUT2D eigenvalue weighted by Gasteiger charge is -1.87. The fourth-order valence-corrected chi connectivity index (χ4v) is 1.94. The van der Waals surface area contributed by atoms with Crippen LogP contribution < -0.4 is 5.90 Å². The molecule has 4 heteroatoms. The Balaban J connectivity index is 2.47. The molecule has 0 aliphatic carbocycles. The minimum Gasteiger partial charge on any atom is -0.297 e. The minimum absolute atomic E-state index is 0.388. The molecule has 0 spiro atoms. The maximum absolute atomic E-state index is 4.95. The summed E-state index contributed by atoms with van der Waals surface area (Å²) in [5.74, 6) is 4.95. The Bertz CT molecular complexity index is 352. The van der Waals surface area contributed by atoms with Gasteiger partial charge in [0.05, 0.1) is 10.2 Å². The van der Waals surface area contributed by atoms with Crippen LogP contribution in [0.3, 0.4) is 0 Å². The summed E-state index contributed by atoms with van der Waals surface area (Å²) in [5.41, 5.74) is 1.01. The maximum Gasteiger partial charge on any atom is 0.122 e. The molecule has 2 aromatic rings. The Morgan fingerprint density at radius 3 is 3.00 bits per heavy atom. The van der Waals surface area contributed by atoms with Crippen LogP contribution in [-0.2, 0) is 11.4 Å². The summed E-state index contributed by atoms with van der Waals surface area (Å²) >= 11 is 1.61. The number of aromatic nitrogens is 1. The molecule has 62 valence electrons. The van der Waals surface area contributed by atoms with Crippen LogP contribution in [0, 0.1) is 0 Å². The average molecular weight is 180 g/mol. The van der Waals surface area contributed by atoms with Crippen molar-refractivity contribution in [1.29, 1.82) is 0 Å². The monoisotopic (exact) mass is 180 g/mol. The molecule has 0 amide bonds. The maximum atomic E-state index is 4.95. The van der Waals surface area contributed by atoms with Crippen molar-refractivity contribution in [1.82, 2.24) is 4.98 Å². The highest BCUT2D eigenvalue weighted by molar-refractivity contribution is 7.18. The molecule has 0 aliphatic rings. The van der Waals surface area contributed by atoms with Gasteiger partial charge in [-0.3, -0.25) is 4.84 Å². The molecule has 0 atom stereocenters. The predicted molar refractivity (Wildman–Crippen MR) is 48.6 cm³/mol. The van der Waals surface area contributed by atoms with Crippen molar-refractivity contribution in [3.05, 3.63) is 29.3 Å². The van der Waals surface area contributed by atoms with E-state index in [4.69, 9.17) is 5.90 Å². The van der Waals surface area contributed by atoms with E-state index in [-0.39, 0.29) is 0 Å². The predicted octanol–water partition coefficient (Wildman–Crippen LogP) is 1.69. The van der Waals surface area contributed by atoms with Crippen molar-refractivity contribution in [2.24, 2.45) is 5.90 Å². The third kappa shape index (κ3) is 1.32. The molecule has 0 saturated carbocycles. The summed E-state index contributed by atoms with van der Waals surface area (Å²) in [6, 6.07) is 7.97. The van der Waals surface area contributed by atoms with Gasteiger partial charge < -0.3 is 0 Å². The van der Waals surface area contributed by atoms with E-state index in [2.05, 4.69) is 9.82 Å². The summed E-state index contributed by atoms with van der Waals surface area (Å²) in [6.07, 6.45) is 0. The number of hydrogen-bond acceptors (Lipinski definition) is 4. The van der Waals surface area contributed by atoms with E-state index in [1.807, 2.05) is 24.3 Å². The van der Waals surface area contributed by atoms with E-state index in [0.29, 0.717) is 6.61 Å². The van der Waals surface area contributed by atoms with Gasteiger partial charge in [0.2, 0.25) is 0 Å². The number of benzene rings is 1. The quantitative estimate of drug-likeness (QED) is 0.715. The number of hydrogen-bond donors (Lipinski definition) is 1. The zero-order valence-electron chi connectivity index (χ0n) is 6.36. The number of rotatable bonds is 2. The lowest BCUT2D eigenvalue weighted by molar-refractivity contribution is 0.124. The van der Waals surface area contributed by atoms with Gasteiger partial charge in [0.15, 0.2) is 0 Å². The molecule has 0 unspecified atom stereocenters. The second-order valence-corrected chi connectivity index (χ2v) is 3.50. The standard InChI is InChI=1S/C8H8N2OS/c9-11-5-8-10-6-3-1-2-4-7(6)12-8/h1-4H,5,9H2. The fourth-order valence-electron chi connectivity index (χ4n) is 1.05. The molecule has 0 aliphatic heterocycles. The lowest BCUT2D eigenvalue weighted by atomic mass is 10.3. The van der Waals surface area contributed by atoms with Gasteiger partial charge in [-0.25, -0.2) is 10.9 Å². The van der Waals surface area contributed by atoms with Gasteiger partial charge in [-0.05, 0) is 12.1 Å². The number of nitrogens with two attached hydrogens (primary N) is 1. The van der Waals surface area contributed by atoms with E-state index < -0.39 is 0 Å². The van der Waals surface area contributed by atoms with Crippen LogP contribution in [0.1, 0.15) is 5.01 Å². The zero-order chi connectivity index (χ0) is 8.39. The first-order valence-corrected chi connectivity index (χ1v) is 4.38. The van der Waals surface area contributed by atoms with Gasteiger partial charge >= 0.3 is 0 Å². The van der Waals surface area contributed by atoms with Crippen molar-refractivity contribution < 1.29 is 4.84 Å². The Hall–Kier alpha value is -0.970. The first-order valence-electron chi connectivity index (χ1n) is 3.56. The van der Waals surface area contributed by atoms with Crippen molar-refractivity contribution >= 4 is 21.6 Å².